The molecule has 2 aromatic rings. The Morgan fingerprint density at radius 3 is 2.45 bits per heavy atom. The van der Waals surface area contributed by atoms with Crippen LogP contribution in [0, 0.1) is 6.92 Å². The number of rotatable bonds is 6. The number of methoxy groups -OCH3 is 1. The van der Waals surface area contributed by atoms with Gasteiger partial charge in [0, 0.05) is 36.9 Å². The molecule has 7 nitrogen and oxygen atoms in total. The van der Waals surface area contributed by atoms with Crippen molar-refractivity contribution >= 4 is 33.3 Å². The normalized spacial score (nSPS) is 15.2. The maximum atomic E-state index is 13.0. The van der Waals surface area contributed by atoms with Crippen molar-refractivity contribution in [2.45, 2.75) is 11.8 Å². The largest absolute Gasteiger partial charge is 0.482 e. The summed E-state index contributed by atoms with van der Waals surface area (Å²) in [5.74, 6) is -0.0567. The molecule has 0 saturated carbocycles. The highest BCUT2D eigenvalue weighted by atomic mass is 35.5. The fraction of sp³-hybridized carbons (Fsp3) is 0.350. The van der Waals surface area contributed by atoms with Gasteiger partial charge in [-0.3, -0.25) is 0 Å². The van der Waals surface area contributed by atoms with Gasteiger partial charge in [0.1, 0.15) is 5.75 Å². The highest BCUT2D eigenvalue weighted by molar-refractivity contribution is 7.89. The molecule has 0 aromatic heterocycles. The Hall–Kier alpha value is -2.29. The Morgan fingerprint density at radius 1 is 1.10 bits per heavy atom. The number of sulfonamides is 1. The van der Waals surface area contributed by atoms with Crippen LogP contribution in [0.2, 0.25) is 5.02 Å². The number of halogens is 1. The Kier molecular flexibility index (Phi) is 6.66. The molecule has 1 aliphatic heterocycles. The molecule has 0 radical (unpaired) electrons. The summed E-state index contributed by atoms with van der Waals surface area (Å²) in [6, 6.07) is 12.2. The van der Waals surface area contributed by atoms with Crippen molar-refractivity contribution in [3.05, 3.63) is 53.1 Å². The summed E-state index contributed by atoms with van der Waals surface area (Å²) in [6.07, 6.45) is 0. The summed E-state index contributed by atoms with van der Waals surface area (Å²) in [5, 5.41) is 0.655. The zero-order chi connectivity index (χ0) is 21.0. The lowest BCUT2D eigenvalue weighted by Gasteiger charge is -2.35. The molecular weight excluding hydrogens is 416 g/mol. The summed E-state index contributed by atoms with van der Waals surface area (Å²) in [7, 11) is -2.34. The van der Waals surface area contributed by atoms with Crippen LogP contribution in [0.3, 0.4) is 0 Å². The van der Waals surface area contributed by atoms with E-state index in [1.165, 1.54) is 17.5 Å². The summed E-state index contributed by atoms with van der Waals surface area (Å²) >= 11 is 6.05. The Balaban J connectivity index is 1.68. The van der Waals surface area contributed by atoms with Crippen LogP contribution < -0.4 is 9.64 Å². The molecule has 29 heavy (non-hydrogen) atoms. The summed E-state index contributed by atoms with van der Waals surface area (Å²) in [4.78, 5) is 13.5. The summed E-state index contributed by atoms with van der Waals surface area (Å²) < 4.78 is 37.5. The molecule has 0 atom stereocenters. The number of benzene rings is 2. The average Bonchev–Trinajstić information content (AvgIpc) is 2.72. The van der Waals surface area contributed by atoms with E-state index in [4.69, 9.17) is 16.3 Å². The SMILES string of the molecule is COC(=O)COc1ccc(S(=O)(=O)N2CCN(c3cccc(Cl)c3)CC2)cc1C. The number of hydrogen-bond donors (Lipinski definition) is 0. The number of carbonyl (C=O) groups is 1. The van der Waals surface area contributed by atoms with E-state index < -0.39 is 16.0 Å². The number of hydrogen-bond acceptors (Lipinski definition) is 6. The molecular formula is C20H23ClN2O5S. The van der Waals surface area contributed by atoms with E-state index in [2.05, 4.69) is 9.64 Å². The fourth-order valence-electron chi connectivity index (χ4n) is 3.15. The van der Waals surface area contributed by atoms with Crippen LogP contribution in [-0.2, 0) is 19.6 Å². The second kappa shape index (κ2) is 9.02. The topological polar surface area (TPSA) is 76.1 Å². The molecule has 2 aromatic carbocycles. The predicted octanol–water partition coefficient (Wildman–Crippen LogP) is 2.71. The minimum Gasteiger partial charge on any atom is -0.482 e. The first-order chi connectivity index (χ1) is 13.8. The van der Waals surface area contributed by atoms with Gasteiger partial charge in [-0.1, -0.05) is 17.7 Å². The molecule has 1 heterocycles. The predicted molar refractivity (Wildman–Crippen MR) is 111 cm³/mol. The molecule has 1 aliphatic rings. The third kappa shape index (κ3) is 5.01. The van der Waals surface area contributed by atoms with Gasteiger partial charge in [-0.05, 0) is 48.9 Å². The van der Waals surface area contributed by atoms with Crippen molar-refractivity contribution in [1.29, 1.82) is 0 Å². The van der Waals surface area contributed by atoms with Crippen LogP contribution in [0.25, 0.3) is 0 Å². The van der Waals surface area contributed by atoms with Gasteiger partial charge < -0.3 is 14.4 Å². The first-order valence-corrected chi connectivity index (χ1v) is 10.9. The van der Waals surface area contributed by atoms with Crippen LogP contribution in [-0.4, -0.2) is 58.6 Å². The van der Waals surface area contributed by atoms with E-state index in [9.17, 15) is 13.2 Å². The number of anilines is 1. The lowest BCUT2D eigenvalue weighted by Crippen LogP contribution is -2.48. The molecule has 0 spiro atoms. The minimum atomic E-state index is -3.62. The van der Waals surface area contributed by atoms with E-state index in [0.29, 0.717) is 42.5 Å². The summed E-state index contributed by atoms with van der Waals surface area (Å²) in [5.41, 5.74) is 1.62. The van der Waals surface area contributed by atoms with Crippen molar-refractivity contribution in [2.75, 3.05) is 44.8 Å². The lowest BCUT2D eigenvalue weighted by atomic mass is 10.2. The van der Waals surface area contributed by atoms with Gasteiger partial charge in [0.2, 0.25) is 10.0 Å². The van der Waals surface area contributed by atoms with E-state index in [-0.39, 0.29) is 11.5 Å². The molecule has 0 unspecified atom stereocenters. The van der Waals surface area contributed by atoms with Gasteiger partial charge in [0.25, 0.3) is 0 Å². The smallest absolute Gasteiger partial charge is 0.343 e. The van der Waals surface area contributed by atoms with Crippen LogP contribution in [0.5, 0.6) is 5.75 Å². The Labute approximate surface area is 175 Å². The number of carbonyl (C=O) groups excluding carboxylic acids is 1. The quantitative estimate of drug-likeness (QED) is 0.645. The van der Waals surface area contributed by atoms with Gasteiger partial charge in [0.15, 0.2) is 6.61 Å². The zero-order valence-corrected chi connectivity index (χ0v) is 17.9. The Morgan fingerprint density at radius 2 is 1.83 bits per heavy atom. The first kappa shape index (κ1) is 21.4. The van der Waals surface area contributed by atoms with Crippen LogP contribution in [0.15, 0.2) is 47.4 Å². The molecule has 0 amide bonds. The molecule has 9 heteroatoms. The molecule has 0 aliphatic carbocycles. The van der Waals surface area contributed by atoms with Crippen molar-refractivity contribution in [1.82, 2.24) is 4.31 Å². The maximum Gasteiger partial charge on any atom is 0.343 e. The van der Waals surface area contributed by atoms with E-state index in [1.807, 2.05) is 24.3 Å². The lowest BCUT2D eigenvalue weighted by molar-refractivity contribution is -0.142. The van der Waals surface area contributed by atoms with E-state index >= 15 is 0 Å². The fourth-order valence-corrected chi connectivity index (χ4v) is 4.84. The number of esters is 1. The minimum absolute atomic E-state index is 0.205. The average molecular weight is 439 g/mol. The zero-order valence-electron chi connectivity index (χ0n) is 16.3. The molecule has 0 N–H and O–H groups in total. The van der Waals surface area contributed by atoms with Gasteiger partial charge in [-0.15, -0.1) is 0 Å². The van der Waals surface area contributed by atoms with Gasteiger partial charge >= 0.3 is 5.97 Å². The van der Waals surface area contributed by atoms with Crippen LogP contribution in [0.1, 0.15) is 5.56 Å². The second-order valence-electron chi connectivity index (χ2n) is 6.66. The standard InChI is InChI=1S/C20H23ClN2O5S/c1-15-12-18(6-7-19(15)28-14-20(24)27-2)29(25,26)23-10-8-22(9-11-23)17-5-3-4-16(21)13-17/h3-7,12-13H,8-11,14H2,1-2H3. The number of piperazine rings is 1. The number of ether oxygens (including phenoxy) is 2. The van der Waals surface area contributed by atoms with Crippen molar-refractivity contribution < 1.29 is 22.7 Å². The molecule has 1 fully saturated rings. The van der Waals surface area contributed by atoms with Crippen LogP contribution >= 0.6 is 11.6 Å². The monoisotopic (exact) mass is 438 g/mol. The molecule has 3 rings (SSSR count). The van der Waals surface area contributed by atoms with Crippen molar-refractivity contribution in [3.63, 3.8) is 0 Å². The number of nitrogens with zero attached hydrogens (tertiary/aromatic N) is 2. The highest BCUT2D eigenvalue weighted by Gasteiger charge is 2.29. The highest BCUT2D eigenvalue weighted by Crippen LogP contribution is 2.26. The second-order valence-corrected chi connectivity index (χ2v) is 9.04. The Bertz CT molecular complexity index is 988. The third-order valence-corrected chi connectivity index (χ3v) is 6.90. The van der Waals surface area contributed by atoms with Gasteiger partial charge in [-0.2, -0.15) is 4.31 Å². The third-order valence-electron chi connectivity index (χ3n) is 4.77. The number of aryl methyl sites for hydroxylation is 1. The summed E-state index contributed by atoms with van der Waals surface area (Å²) in [6.45, 7) is 3.44. The van der Waals surface area contributed by atoms with E-state index in [0.717, 1.165) is 5.69 Å². The molecule has 1 saturated heterocycles. The van der Waals surface area contributed by atoms with E-state index in [1.54, 1.807) is 19.1 Å². The van der Waals surface area contributed by atoms with Gasteiger partial charge in [0.05, 0.1) is 12.0 Å². The molecule has 0 bridgehead atoms. The van der Waals surface area contributed by atoms with Crippen molar-refractivity contribution in [2.24, 2.45) is 0 Å². The van der Waals surface area contributed by atoms with Crippen molar-refractivity contribution in [3.8, 4) is 5.75 Å². The van der Waals surface area contributed by atoms with Gasteiger partial charge in [-0.25, -0.2) is 13.2 Å². The maximum absolute atomic E-state index is 13.0. The molecule has 156 valence electrons. The van der Waals surface area contributed by atoms with Crippen LogP contribution in [0.4, 0.5) is 5.69 Å². The first-order valence-electron chi connectivity index (χ1n) is 9.12.